The van der Waals surface area contributed by atoms with Gasteiger partial charge in [-0.2, -0.15) is 0 Å². The van der Waals surface area contributed by atoms with Gasteiger partial charge in [-0.15, -0.1) is 0 Å². The maximum absolute atomic E-state index is 6.36. The first-order valence-electron chi connectivity index (χ1n) is 24.1. The molecule has 70 heavy (non-hydrogen) atoms. The number of furan rings is 1. The standard InChI is InChI=1S/C67H44N2O/c1-3-21-45(22-4-1)49-25-7-8-27-51(49)54-29-11-17-35-62(54)69(61-34-16-10-26-50(61)46-39-42-66-56(43-46)55-30-12-20-38-65(55)70-66)48-40-41-53-52-28-9-13-31-57(52)67(60(53)44-48)58-32-14-18-36-63(58)68(47-23-5-2-6-24-47)64-37-19-15-33-59(64)67/h1-44H. The molecule has 14 rings (SSSR count). The predicted molar refractivity (Wildman–Crippen MR) is 290 cm³/mol. The van der Waals surface area contributed by atoms with E-state index in [1.54, 1.807) is 0 Å². The molecule has 0 unspecified atom stereocenters. The quantitative estimate of drug-likeness (QED) is 0.159. The Labute approximate surface area is 407 Å². The zero-order chi connectivity index (χ0) is 46.2. The number of rotatable bonds is 7. The first-order valence-corrected chi connectivity index (χ1v) is 24.1. The van der Waals surface area contributed by atoms with Crippen LogP contribution in [0.25, 0.3) is 66.4 Å². The van der Waals surface area contributed by atoms with Crippen molar-refractivity contribution in [3.63, 3.8) is 0 Å². The number of benzene rings is 11. The largest absolute Gasteiger partial charge is 0.456 e. The maximum atomic E-state index is 6.36. The highest BCUT2D eigenvalue weighted by Crippen LogP contribution is 2.64. The third kappa shape index (κ3) is 5.95. The van der Waals surface area contributed by atoms with Crippen molar-refractivity contribution in [2.24, 2.45) is 0 Å². The van der Waals surface area contributed by atoms with Gasteiger partial charge in [-0.05, 0) is 122 Å². The molecule has 1 aliphatic heterocycles. The van der Waals surface area contributed by atoms with Gasteiger partial charge in [-0.25, -0.2) is 0 Å². The molecule has 1 spiro atoms. The van der Waals surface area contributed by atoms with Crippen LogP contribution < -0.4 is 9.80 Å². The minimum absolute atomic E-state index is 0.627. The van der Waals surface area contributed by atoms with E-state index < -0.39 is 5.41 Å². The van der Waals surface area contributed by atoms with E-state index >= 15 is 0 Å². The summed E-state index contributed by atoms with van der Waals surface area (Å²) in [7, 11) is 0. The summed E-state index contributed by atoms with van der Waals surface area (Å²) in [5.41, 5.74) is 22.3. The number of nitrogens with zero attached hydrogens (tertiary/aromatic N) is 2. The number of fused-ring (bicyclic) bond motifs is 12. The molecular weight excluding hydrogens is 849 g/mol. The summed E-state index contributed by atoms with van der Waals surface area (Å²) in [5.74, 6) is 0. The van der Waals surface area contributed by atoms with Crippen LogP contribution in [0.1, 0.15) is 22.3 Å². The number of hydrogen-bond acceptors (Lipinski definition) is 3. The molecule has 0 bridgehead atoms. The van der Waals surface area contributed by atoms with E-state index in [0.717, 1.165) is 61.4 Å². The van der Waals surface area contributed by atoms with Crippen molar-refractivity contribution < 1.29 is 4.42 Å². The second-order valence-corrected chi connectivity index (χ2v) is 18.3. The Bertz CT molecular complexity index is 3930. The molecule has 0 saturated carbocycles. The van der Waals surface area contributed by atoms with Crippen LogP contribution in [0.5, 0.6) is 0 Å². The van der Waals surface area contributed by atoms with Crippen LogP contribution in [0.15, 0.2) is 271 Å². The Morgan fingerprint density at radius 1 is 0.314 bits per heavy atom. The summed E-state index contributed by atoms with van der Waals surface area (Å²) in [5, 5.41) is 2.21. The van der Waals surface area contributed by atoms with Gasteiger partial charge in [0.2, 0.25) is 0 Å². The maximum Gasteiger partial charge on any atom is 0.135 e. The molecule has 2 heterocycles. The van der Waals surface area contributed by atoms with Crippen molar-refractivity contribution in [2.45, 2.75) is 5.41 Å². The van der Waals surface area contributed by atoms with E-state index in [4.69, 9.17) is 4.42 Å². The summed E-state index contributed by atoms with van der Waals surface area (Å²) < 4.78 is 6.36. The van der Waals surface area contributed by atoms with Crippen LogP contribution in [0, 0.1) is 0 Å². The number of para-hydroxylation sites is 6. The third-order valence-corrected chi connectivity index (χ3v) is 14.7. The zero-order valence-corrected chi connectivity index (χ0v) is 38.2. The average molecular weight is 893 g/mol. The van der Waals surface area contributed by atoms with Crippen molar-refractivity contribution >= 4 is 56.1 Å². The lowest BCUT2D eigenvalue weighted by Crippen LogP contribution is -2.36. The first-order chi connectivity index (χ1) is 34.8. The second-order valence-electron chi connectivity index (χ2n) is 18.3. The minimum Gasteiger partial charge on any atom is -0.456 e. The lowest BCUT2D eigenvalue weighted by atomic mass is 9.64. The lowest BCUT2D eigenvalue weighted by molar-refractivity contribution is 0.669. The van der Waals surface area contributed by atoms with Crippen LogP contribution in [-0.4, -0.2) is 0 Å². The van der Waals surface area contributed by atoms with Crippen LogP contribution >= 0.6 is 0 Å². The van der Waals surface area contributed by atoms with E-state index in [0.29, 0.717) is 0 Å². The molecule has 11 aromatic carbocycles. The zero-order valence-electron chi connectivity index (χ0n) is 38.2. The van der Waals surface area contributed by atoms with E-state index in [1.165, 1.54) is 61.4 Å². The Balaban J connectivity index is 1.05. The Kier molecular flexibility index (Phi) is 9.11. The monoisotopic (exact) mass is 892 g/mol. The van der Waals surface area contributed by atoms with Gasteiger partial charge in [0, 0.05) is 33.3 Å². The van der Waals surface area contributed by atoms with Crippen molar-refractivity contribution in [2.75, 3.05) is 9.80 Å². The Hall–Kier alpha value is -9.18. The van der Waals surface area contributed by atoms with Crippen LogP contribution in [0.3, 0.4) is 0 Å². The normalized spacial score (nSPS) is 12.9. The van der Waals surface area contributed by atoms with Crippen molar-refractivity contribution in [3.05, 3.63) is 289 Å². The molecule has 0 amide bonds. The van der Waals surface area contributed by atoms with Gasteiger partial charge in [0.1, 0.15) is 11.2 Å². The van der Waals surface area contributed by atoms with Crippen molar-refractivity contribution in [1.29, 1.82) is 0 Å². The fourth-order valence-corrected chi connectivity index (χ4v) is 11.8. The summed E-state index contributed by atoms with van der Waals surface area (Å²) in [6.07, 6.45) is 0. The van der Waals surface area contributed by atoms with Gasteiger partial charge in [0.05, 0.1) is 28.2 Å². The van der Waals surface area contributed by atoms with Crippen molar-refractivity contribution in [1.82, 2.24) is 0 Å². The molecule has 0 saturated heterocycles. The molecule has 0 fully saturated rings. The molecule has 0 N–H and O–H groups in total. The van der Waals surface area contributed by atoms with Crippen LogP contribution in [0.4, 0.5) is 34.1 Å². The smallest absolute Gasteiger partial charge is 0.135 e. The molecular formula is C67H44N2O. The first kappa shape index (κ1) is 39.9. The van der Waals surface area contributed by atoms with Crippen molar-refractivity contribution in [3.8, 4) is 44.5 Å². The number of hydrogen-bond donors (Lipinski definition) is 0. The summed E-state index contributed by atoms with van der Waals surface area (Å²) in [6, 6.07) is 97.6. The summed E-state index contributed by atoms with van der Waals surface area (Å²) >= 11 is 0. The molecule has 0 atom stereocenters. The fraction of sp³-hybridized carbons (Fsp3) is 0.0149. The fourth-order valence-electron chi connectivity index (χ4n) is 11.8. The van der Waals surface area contributed by atoms with E-state index in [-0.39, 0.29) is 0 Å². The number of anilines is 6. The van der Waals surface area contributed by atoms with E-state index in [1.807, 2.05) is 6.07 Å². The van der Waals surface area contributed by atoms with E-state index in [9.17, 15) is 0 Å². The van der Waals surface area contributed by atoms with Gasteiger partial charge < -0.3 is 14.2 Å². The molecule has 1 aromatic heterocycles. The average Bonchev–Trinajstić information content (AvgIpc) is 3.95. The predicted octanol–water partition coefficient (Wildman–Crippen LogP) is 18.2. The SMILES string of the molecule is c1ccc(-c2ccccc2-c2ccccc2N(c2ccc3c(c2)C2(c4ccccc4-3)c3ccccc3N(c3ccccc3)c3ccccc32)c2ccccc2-c2ccc3oc4ccccc4c3c2)cc1. The molecule has 12 aromatic rings. The molecule has 328 valence electrons. The third-order valence-electron chi connectivity index (χ3n) is 14.7. The molecule has 2 aliphatic rings. The molecule has 3 heteroatoms. The summed E-state index contributed by atoms with van der Waals surface area (Å²) in [4.78, 5) is 4.96. The highest BCUT2D eigenvalue weighted by Gasteiger charge is 2.52. The van der Waals surface area contributed by atoms with Gasteiger partial charge in [-0.3, -0.25) is 0 Å². The van der Waals surface area contributed by atoms with E-state index in [2.05, 4.69) is 271 Å². The van der Waals surface area contributed by atoms with Gasteiger partial charge in [0.25, 0.3) is 0 Å². The van der Waals surface area contributed by atoms with Gasteiger partial charge >= 0.3 is 0 Å². The van der Waals surface area contributed by atoms with Gasteiger partial charge in [0.15, 0.2) is 0 Å². The molecule has 1 aliphatic carbocycles. The summed E-state index contributed by atoms with van der Waals surface area (Å²) in [6.45, 7) is 0. The lowest BCUT2D eigenvalue weighted by Gasteiger charge is -2.45. The second kappa shape index (κ2) is 16.0. The van der Waals surface area contributed by atoms with Crippen LogP contribution in [-0.2, 0) is 5.41 Å². The van der Waals surface area contributed by atoms with Gasteiger partial charge in [-0.1, -0.05) is 200 Å². The Morgan fingerprint density at radius 2 is 0.843 bits per heavy atom. The molecule has 3 nitrogen and oxygen atoms in total. The Morgan fingerprint density at radius 3 is 1.59 bits per heavy atom. The highest BCUT2D eigenvalue weighted by molar-refractivity contribution is 6.07. The minimum atomic E-state index is -0.627. The molecule has 0 radical (unpaired) electrons. The van der Waals surface area contributed by atoms with Crippen LogP contribution in [0.2, 0.25) is 0 Å². The topological polar surface area (TPSA) is 19.6 Å². The highest BCUT2D eigenvalue weighted by atomic mass is 16.3.